The van der Waals surface area contributed by atoms with Gasteiger partial charge in [0.05, 0.1) is 0 Å². The number of nitrogens with zero attached hydrogens (tertiary/aromatic N) is 2. The Labute approximate surface area is 107 Å². The lowest BCUT2D eigenvalue weighted by molar-refractivity contribution is -0.120. The van der Waals surface area contributed by atoms with E-state index in [1.807, 2.05) is 6.07 Å². The molecule has 0 aliphatic rings. The molecule has 0 heterocycles. The van der Waals surface area contributed by atoms with Crippen LogP contribution in [0.4, 0.5) is 5.69 Å². The summed E-state index contributed by atoms with van der Waals surface area (Å²) in [6.07, 6.45) is 0. The van der Waals surface area contributed by atoms with Crippen LogP contribution >= 0.6 is 0 Å². The first-order valence-electron chi connectivity index (χ1n) is 5.23. The summed E-state index contributed by atoms with van der Waals surface area (Å²) >= 11 is 0. The Morgan fingerprint density at radius 1 is 1.17 bits per heavy atom. The van der Waals surface area contributed by atoms with E-state index in [0.717, 1.165) is 4.31 Å². The Bertz CT molecular complexity index is 499. The molecule has 0 fully saturated rings. The third-order valence-corrected chi connectivity index (χ3v) is 3.61. The first kappa shape index (κ1) is 14.6. The lowest BCUT2D eigenvalue weighted by atomic mass is 10.3. The standard InChI is InChI=1S/C11H16N2O4S/c1-12(2)18(15,16)17-9-11(14)13(3)10-7-5-4-6-8-10/h4-8H,9H2,1-3H3. The van der Waals surface area contributed by atoms with Gasteiger partial charge in [-0.25, -0.2) is 4.18 Å². The minimum atomic E-state index is -3.82. The van der Waals surface area contributed by atoms with Crippen molar-refractivity contribution in [1.29, 1.82) is 0 Å². The minimum Gasteiger partial charge on any atom is -0.313 e. The molecule has 0 aliphatic carbocycles. The number of carbonyl (C=O) groups is 1. The molecule has 0 radical (unpaired) electrons. The van der Waals surface area contributed by atoms with Gasteiger partial charge in [0, 0.05) is 26.8 Å². The largest absolute Gasteiger partial charge is 0.338 e. The Morgan fingerprint density at radius 3 is 2.22 bits per heavy atom. The van der Waals surface area contributed by atoms with Gasteiger partial charge in [-0.2, -0.15) is 12.7 Å². The number of rotatable bonds is 5. The van der Waals surface area contributed by atoms with E-state index in [1.54, 1.807) is 31.3 Å². The summed E-state index contributed by atoms with van der Waals surface area (Å²) in [6.45, 7) is -0.522. The SMILES string of the molecule is CN(C(=O)COS(=O)(=O)N(C)C)c1ccccc1. The highest BCUT2D eigenvalue weighted by atomic mass is 32.2. The Morgan fingerprint density at radius 2 is 1.72 bits per heavy atom. The van der Waals surface area contributed by atoms with Gasteiger partial charge in [0.1, 0.15) is 6.61 Å². The van der Waals surface area contributed by atoms with Crippen LogP contribution in [0.3, 0.4) is 0 Å². The van der Waals surface area contributed by atoms with Gasteiger partial charge >= 0.3 is 10.3 Å². The highest BCUT2D eigenvalue weighted by Crippen LogP contribution is 2.11. The smallest absolute Gasteiger partial charge is 0.313 e. The molecule has 0 saturated heterocycles. The fraction of sp³-hybridized carbons (Fsp3) is 0.364. The number of para-hydroxylation sites is 1. The summed E-state index contributed by atoms with van der Waals surface area (Å²) < 4.78 is 28.2. The first-order chi connectivity index (χ1) is 8.34. The van der Waals surface area contributed by atoms with Crippen LogP contribution in [0.15, 0.2) is 30.3 Å². The van der Waals surface area contributed by atoms with E-state index in [4.69, 9.17) is 0 Å². The van der Waals surface area contributed by atoms with Crippen LogP contribution < -0.4 is 4.90 Å². The molecule has 0 atom stereocenters. The molecule has 0 bridgehead atoms. The minimum absolute atomic E-state index is 0.438. The maximum atomic E-state index is 11.7. The van der Waals surface area contributed by atoms with Gasteiger partial charge in [-0.1, -0.05) is 18.2 Å². The van der Waals surface area contributed by atoms with Crippen molar-refractivity contribution in [3.63, 3.8) is 0 Å². The molecule has 0 aliphatic heterocycles. The summed E-state index contributed by atoms with van der Waals surface area (Å²) in [6, 6.07) is 8.90. The van der Waals surface area contributed by atoms with Gasteiger partial charge in [0.2, 0.25) is 0 Å². The van der Waals surface area contributed by atoms with Crippen molar-refractivity contribution in [2.45, 2.75) is 0 Å². The van der Waals surface area contributed by atoms with Crippen LogP contribution in [-0.2, 0) is 19.3 Å². The average Bonchev–Trinajstić information content (AvgIpc) is 2.36. The maximum Gasteiger partial charge on any atom is 0.338 e. The molecule has 100 valence electrons. The second kappa shape index (κ2) is 5.94. The van der Waals surface area contributed by atoms with E-state index < -0.39 is 22.8 Å². The predicted molar refractivity (Wildman–Crippen MR) is 68.4 cm³/mol. The number of likely N-dealkylation sites (N-methyl/N-ethyl adjacent to an activating group) is 1. The van der Waals surface area contributed by atoms with Gasteiger partial charge in [-0.15, -0.1) is 0 Å². The van der Waals surface area contributed by atoms with Crippen molar-refractivity contribution in [3.05, 3.63) is 30.3 Å². The van der Waals surface area contributed by atoms with Crippen LogP contribution in [0, 0.1) is 0 Å². The Kier molecular flexibility index (Phi) is 4.83. The topological polar surface area (TPSA) is 66.9 Å². The molecule has 6 nitrogen and oxygen atoms in total. The molecule has 1 amide bonds. The van der Waals surface area contributed by atoms with E-state index in [9.17, 15) is 13.2 Å². The number of hydrogen-bond acceptors (Lipinski definition) is 4. The van der Waals surface area contributed by atoms with E-state index in [0.29, 0.717) is 5.69 Å². The van der Waals surface area contributed by atoms with Crippen LogP contribution in [0.1, 0.15) is 0 Å². The summed E-state index contributed by atoms with van der Waals surface area (Å²) in [7, 11) is 0.404. The molecule has 0 saturated carbocycles. The number of hydrogen-bond donors (Lipinski definition) is 0. The van der Waals surface area contributed by atoms with Crippen LogP contribution in [0.5, 0.6) is 0 Å². The van der Waals surface area contributed by atoms with Crippen molar-refractivity contribution < 1.29 is 17.4 Å². The van der Waals surface area contributed by atoms with Crippen LogP contribution in [-0.4, -0.2) is 46.4 Å². The highest BCUT2D eigenvalue weighted by Gasteiger charge is 2.18. The van der Waals surface area contributed by atoms with Gasteiger partial charge in [-0.3, -0.25) is 4.79 Å². The lowest BCUT2D eigenvalue weighted by Crippen LogP contribution is -2.33. The van der Waals surface area contributed by atoms with Crippen molar-refractivity contribution in [2.24, 2.45) is 0 Å². The van der Waals surface area contributed by atoms with Gasteiger partial charge in [-0.05, 0) is 12.1 Å². The van der Waals surface area contributed by atoms with Crippen molar-refractivity contribution >= 4 is 21.9 Å². The van der Waals surface area contributed by atoms with E-state index in [2.05, 4.69) is 4.18 Å². The van der Waals surface area contributed by atoms with Gasteiger partial charge in [0.15, 0.2) is 0 Å². The molecule has 1 rings (SSSR count). The number of amides is 1. The first-order valence-corrected chi connectivity index (χ1v) is 6.59. The van der Waals surface area contributed by atoms with Crippen LogP contribution in [0.25, 0.3) is 0 Å². The lowest BCUT2D eigenvalue weighted by Gasteiger charge is -2.18. The third kappa shape index (κ3) is 3.80. The average molecular weight is 272 g/mol. The second-order valence-electron chi connectivity index (χ2n) is 3.79. The van der Waals surface area contributed by atoms with E-state index in [1.165, 1.54) is 19.0 Å². The molecule has 0 N–H and O–H groups in total. The van der Waals surface area contributed by atoms with Gasteiger partial charge in [0.25, 0.3) is 5.91 Å². The summed E-state index contributed by atoms with van der Waals surface area (Å²) in [4.78, 5) is 13.1. The molecule has 1 aromatic carbocycles. The van der Waals surface area contributed by atoms with E-state index >= 15 is 0 Å². The highest BCUT2D eigenvalue weighted by molar-refractivity contribution is 7.84. The molecule has 18 heavy (non-hydrogen) atoms. The van der Waals surface area contributed by atoms with E-state index in [-0.39, 0.29) is 0 Å². The molecular weight excluding hydrogens is 256 g/mol. The Hall–Kier alpha value is -1.44. The quantitative estimate of drug-likeness (QED) is 0.781. The van der Waals surface area contributed by atoms with Gasteiger partial charge < -0.3 is 4.90 Å². The summed E-state index contributed by atoms with van der Waals surface area (Å²) in [5.41, 5.74) is 0.674. The third-order valence-electron chi connectivity index (χ3n) is 2.30. The molecular formula is C11H16N2O4S. The molecule has 7 heteroatoms. The normalized spacial score (nSPS) is 11.6. The molecule has 0 unspecified atom stereocenters. The monoisotopic (exact) mass is 272 g/mol. The predicted octanol–water partition coefficient (Wildman–Crippen LogP) is 0.472. The maximum absolute atomic E-state index is 11.7. The zero-order chi connectivity index (χ0) is 13.8. The number of carbonyl (C=O) groups excluding carboxylic acids is 1. The molecule has 1 aromatic rings. The molecule has 0 aromatic heterocycles. The summed E-state index contributed by atoms with van der Waals surface area (Å²) in [5, 5.41) is 0. The van der Waals surface area contributed by atoms with Crippen LogP contribution in [0.2, 0.25) is 0 Å². The fourth-order valence-corrected chi connectivity index (χ4v) is 1.58. The number of benzene rings is 1. The molecule has 0 spiro atoms. The summed E-state index contributed by atoms with van der Waals surface area (Å²) in [5.74, 6) is -0.438. The second-order valence-corrected chi connectivity index (χ2v) is 5.61. The Balaban J connectivity index is 2.62. The number of anilines is 1. The van der Waals surface area contributed by atoms with Crippen molar-refractivity contribution in [1.82, 2.24) is 4.31 Å². The fourth-order valence-electron chi connectivity index (χ4n) is 1.12. The zero-order valence-corrected chi connectivity index (χ0v) is 11.3. The zero-order valence-electron chi connectivity index (χ0n) is 10.5. The van der Waals surface area contributed by atoms with Crippen molar-refractivity contribution in [3.8, 4) is 0 Å². The van der Waals surface area contributed by atoms with Crippen molar-refractivity contribution in [2.75, 3.05) is 32.6 Å².